The van der Waals surface area contributed by atoms with Gasteiger partial charge in [-0.2, -0.15) is 0 Å². The van der Waals surface area contributed by atoms with Crippen LogP contribution in [-0.4, -0.2) is 54.1 Å². The number of fused-ring (bicyclic) bond motifs is 1. The van der Waals surface area contributed by atoms with E-state index in [9.17, 15) is 4.79 Å². The molecule has 0 aromatic heterocycles. The minimum Gasteiger partial charge on any atom is -0.366 e. The summed E-state index contributed by atoms with van der Waals surface area (Å²) in [6.07, 6.45) is -0.267. The fourth-order valence-corrected chi connectivity index (χ4v) is 2.90. The summed E-state index contributed by atoms with van der Waals surface area (Å²) in [6, 6.07) is 10.7. The summed E-state index contributed by atoms with van der Waals surface area (Å²) in [5.41, 5.74) is 1.33. The van der Waals surface area contributed by atoms with Crippen molar-refractivity contribution in [3.8, 4) is 0 Å². The molecule has 1 amide bonds. The summed E-state index contributed by atoms with van der Waals surface area (Å²) >= 11 is 0. The van der Waals surface area contributed by atoms with Crippen LogP contribution in [0.25, 0.3) is 0 Å². The number of amides is 1. The second-order valence-corrected chi connectivity index (χ2v) is 5.38. The Labute approximate surface area is 113 Å². The van der Waals surface area contributed by atoms with Crippen LogP contribution >= 0.6 is 0 Å². The monoisotopic (exact) mass is 260 g/mol. The standard InChI is InChI=1S/C15H20N2O2/c1-12-15(18)17-8-7-16(10-14(17)11-19-12)9-13-5-3-2-4-6-13/h2-6,12,14H,7-11H2,1H3/t12-,14-/m0/s1. The lowest BCUT2D eigenvalue weighted by atomic mass is 10.1. The molecule has 2 saturated heterocycles. The Balaban J connectivity index is 1.62. The lowest BCUT2D eigenvalue weighted by Gasteiger charge is -2.45. The normalized spacial score (nSPS) is 28.3. The van der Waals surface area contributed by atoms with E-state index in [1.54, 1.807) is 0 Å². The van der Waals surface area contributed by atoms with E-state index in [0.717, 1.165) is 26.2 Å². The number of carbonyl (C=O) groups is 1. The molecular weight excluding hydrogens is 240 g/mol. The number of ether oxygens (including phenoxy) is 1. The van der Waals surface area contributed by atoms with E-state index >= 15 is 0 Å². The van der Waals surface area contributed by atoms with Crippen LogP contribution in [0, 0.1) is 0 Å². The third-order valence-electron chi connectivity index (χ3n) is 3.99. The second-order valence-electron chi connectivity index (χ2n) is 5.38. The van der Waals surface area contributed by atoms with Crippen molar-refractivity contribution in [1.82, 2.24) is 9.80 Å². The minimum atomic E-state index is -0.267. The zero-order valence-electron chi connectivity index (χ0n) is 11.3. The van der Waals surface area contributed by atoms with Crippen molar-refractivity contribution in [3.05, 3.63) is 35.9 Å². The van der Waals surface area contributed by atoms with Crippen LogP contribution in [0.5, 0.6) is 0 Å². The number of hydrogen-bond donors (Lipinski definition) is 0. The Kier molecular flexibility index (Phi) is 3.53. The van der Waals surface area contributed by atoms with Crippen molar-refractivity contribution < 1.29 is 9.53 Å². The molecule has 1 aromatic rings. The van der Waals surface area contributed by atoms with Gasteiger partial charge in [-0.25, -0.2) is 0 Å². The highest BCUT2D eigenvalue weighted by atomic mass is 16.5. The van der Waals surface area contributed by atoms with Crippen LogP contribution < -0.4 is 0 Å². The van der Waals surface area contributed by atoms with Crippen LogP contribution in [0.15, 0.2) is 30.3 Å². The fourth-order valence-electron chi connectivity index (χ4n) is 2.90. The quantitative estimate of drug-likeness (QED) is 0.799. The molecule has 3 rings (SSSR count). The van der Waals surface area contributed by atoms with Gasteiger partial charge < -0.3 is 9.64 Å². The van der Waals surface area contributed by atoms with Gasteiger partial charge in [-0.3, -0.25) is 9.69 Å². The van der Waals surface area contributed by atoms with Gasteiger partial charge in [0.2, 0.25) is 0 Å². The molecule has 0 N–H and O–H groups in total. The van der Waals surface area contributed by atoms with E-state index in [0.29, 0.717) is 6.61 Å². The molecule has 2 heterocycles. The third kappa shape index (κ3) is 2.65. The van der Waals surface area contributed by atoms with Crippen LogP contribution in [0.3, 0.4) is 0 Å². The molecule has 0 bridgehead atoms. The van der Waals surface area contributed by atoms with E-state index in [1.165, 1.54) is 5.56 Å². The molecule has 1 aromatic carbocycles. The summed E-state index contributed by atoms with van der Waals surface area (Å²) in [5.74, 6) is 0.149. The maximum absolute atomic E-state index is 12.0. The number of hydrogen-bond acceptors (Lipinski definition) is 3. The van der Waals surface area contributed by atoms with Gasteiger partial charge in [-0.1, -0.05) is 30.3 Å². The van der Waals surface area contributed by atoms with E-state index < -0.39 is 0 Å². The summed E-state index contributed by atoms with van der Waals surface area (Å²) in [7, 11) is 0. The van der Waals surface area contributed by atoms with Gasteiger partial charge in [0.15, 0.2) is 0 Å². The van der Waals surface area contributed by atoms with Crippen molar-refractivity contribution >= 4 is 5.91 Å². The predicted molar refractivity (Wildman–Crippen MR) is 72.6 cm³/mol. The van der Waals surface area contributed by atoms with Gasteiger partial charge >= 0.3 is 0 Å². The van der Waals surface area contributed by atoms with Crippen molar-refractivity contribution in [2.24, 2.45) is 0 Å². The van der Waals surface area contributed by atoms with Gasteiger partial charge in [-0.15, -0.1) is 0 Å². The highest BCUT2D eigenvalue weighted by molar-refractivity contribution is 5.81. The van der Waals surface area contributed by atoms with Gasteiger partial charge in [0, 0.05) is 26.2 Å². The van der Waals surface area contributed by atoms with Crippen LogP contribution in [0.2, 0.25) is 0 Å². The highest BCUT2D eigenvalue weighted by Crippen LogP contribution is 2.19. The lowest BCUT2D eigenvalue weighted by molar-refractivity contribution is -0.162. The number of nitrogens with zero attached hydrogens (tertiary/aromatic N) is 2. The highest BCUT2D eigenvalue weighted by Gasteiger charge is 2.37. The molecular formula is C15H20N2O2. The van der Waals surface area contributed by atoms with Crippen molar-refractivity contribution in [2.45, 2.75) is 25.6 Å². The van der Waals surface area contributed by atoms with E-state index in [-0.39, 0.29) is 18.1 Å². The molecule has 2 aliphatic heterocycles. The zero-order valence-corrected chi connectivity index (χ0v) is 11.3. The number of piperazine rings is 1. The van der Waals surface area contributed by atoms with E-state index in [4.69, 9.17) is 4.74 Å². The Hall–Kier alpha value is -1.39. The number of rotatable bonds is 2. The third-order valence-corrected chi connectivity index (χ3v) is 3.99. The average Bonchev–Trinajstić information content (AvgIpc) is 2.44. The summed E-state index contributed by atoms with van der Waals surface area (Å²) in [6.45, 7) is 6.14. The topological polar surface area (TPSA) is 32.8 Å². The first-order valence-corrected chi connectivity index (χ1v) is 6.92. The molecule has 4 heteroatoms. The molecule has 0 aliphatic carbocycles. The first-order valence-electron chi connectivity index (χ1n) is 6.92. The minimum absolute atomic E-state index is 0.149. The molecule has 0 saturated carbocycles. The molecule has 2 fully saturated rings. The predicted octanol–water partition coefficient (Wildman–Crippen LogP) is 1.12. The van der Waals surface area contributed by atoms with Crippen LogP contribution in [-0.2, 0) is 16.1 Å². The first-order chi connectivity index (χ1) is 9.24. The van der Waals surface area contributed by atoms with Gasteiger partial charge in [0.25, 0.3) is 5.91 Å². The molecule has 0 spiro atoms. The lowest BCUT2D eigenvalue weighted by Crippen LogP contribution is -2.61. The van der Waals surface area contributed by atoms with Crippen LogP contribution in [0.1, 0.15) is 12.5 Å². The zero-order chi connectivity index (χ0) is 13.2. The largest absolute Gasteiger partial charge is 0.366 e. The Morgan fingerprint density at radius 3 is 2.84 bits per heavy atom. The number of benzene rings is 1. The molecule has 2 aliphatic rings. The molecule has 102 valence electrons. The SMILES string of the molecule is C[C@@H]1OC[C@@H]2CN(Cc3ccccc3)CCN2C1=O. The van der Waals surface area contributed by atoms with Crippen LogP contribution in [0.4, 0.5) is 0 Å². The van der Waals surface area contributed by atoms with Crippen molar-refractivity contribution in [3.63, 3.8) is 0 Å². The molecule has 2 atom stereocenters. The maximum atomic E-state index is 12.0. The van der Waals surface area contributed by atoms with E-state index in [1.807, 2.05) is 17.9 Å². The summed E-state index contributed by atoms with van der Waals surface area (Å²) in [5, 5.41) is 0. The van der Waals surface area contributed by atoms with Gasteiger partial charge in [0.1, 0.15) is 6.10 Å². The molecule has 4 nitrogen and oxygen atoms in total. The second kappa shape index (κ2) is 5.31. The van der Waals surface area contributed by atoms with Crippen molar-refractivity contribution in [1.29, 1.82) is 0 Å². The molecule has 0 unspecified atom stereocenters. The average molecular weight is 260 g/mol. The Bertz CT molecular complexity index is 449. The molecule has 0 radical (unpaired) electrons. The number of carbonyl (C=O) groups excluding carboxylic acids is 1. The van der Waals surface area contributed by atoms with Gasteiger partial charge in [0.05, 0.1) is 12.6 Å². The summed E-state index contributed by atoms with van der Waals surface area (Å²) < 4.78 is 5.54. The molecule has 19 heavy (non-hydrogen) atoms. The fraction of sp³-hybridized carbons (Fsp3) is 0.533. The van der Waals surface area contributed by atoms with E-state index in [2.05, 4.69) is 29.2 Å². The first kappa shape index (κ1) is 12.6. The maximum Gasteiger partial charge on any atom is 0.251 e. The Morgan fingerprint density at radius 2 is 2.05 bits per heavy atom. The summed E-state index contributed by atoms with van der Waals surface area (Å²) in [4.78, 5) is 16.4. The van der Waals surface area contributed by atoms with Gasteiger partial charge in [-0.05, 0) is 12.5 Å². The smallest absolute Gasteiger partial charge is 0.251 e. The Morgan fingerprint density at radius 1 is 1.26 bits per heavy atom. The van der Waals surface area contributed by atoms with Crippen molar-refractivity contribution in [2.75, 3.05) is 26.2 Å². The number of morpholine rings is 1.